The predicted molar refractivity (Wildman–Crippen MR) is 219 cm³/mol. The Balaban J connectivity index is 2.94. The summed E-state index contributed by atoms with van der Waals surface area (Å²) in [6, 6.07) is 4.34. The summed E-state index contributed by atoms with van der Waals surface area (Å²) in [5.41, 5.74) is 1.36. The molecule has 63 heavy (non-hydrogen) atoms. The number of carboxylic acids is 8. The van der Waals surface area contributed by atoms with Crippen molar-refractivity contribution in [3.05, 3.63) is 35.4 Å². The molecule has 1 aromatic carbocycles. The zero-order valence-corrected chi connectivity index (χ0v) is 35.9. The normalized spacial score (nSPS) is 14.2. The summed E-state index contributed by atoms with van der Waals surface area (Å²) < 4.78 is 17.2. The van der Waals surface area contributed by atoms with Crippen LogP contribution in [0.25, 0.3) is 0 Å². The average Bonchev–Trinajstić information content (AvgIpc) is 3.14. The number of carbonyl (C=O) groups is 9. The maximum Gasteiger partial charge on any atom is 0.329 e. The van der Waals surface area contributed by atoms with Gasteiger partial charge < -0.3 is 55.6 Å². The van der Waals surface area contributed by atoms with E-state index in [0.717, 1.165) is 4.90 Å². The minimum atomic E-state index is -4.78. The van der Waals surface area contributed by atoms with E-state index >= 15 is 0 Å². The van der Waals surface area contributed by atoms with Gasteiger partial charge in [-0.1, -0.05) is 36.5 Å². The number of rotatable bonds is 35. The zero-order chi connectivity index (χ0) is 48.0. The Morgan fingerprint density at radius 2 is 1.17 bits per heavy atom. The smallest absolute Gasteiger partial charge is 0.329 e. The van der Waals surface area contributed by atoms with E-state index in [2.05, 4.69) is 5.32 Å². The molecule has 4 unspecified atom stereocenters. The van der Waals surface area contributed by atoms with Gasteiger partial charge in [0.1, 0.15) is 0 Å². The van der Waals surface area contributed by atoms with E-state index in [1.165, 1.54) is 16.8 Å². The van der Waals surface area contributed by atoms with Gasteiger partial charge in [0, 0.05) is 44.9 Å². The van der Waals surface area contributed by atoms with Crippen molar-refractivity contribution in [1.29, 1.82) is 0 Å². The zero-order valence-electron chi connectivity index (χ0n) is 34.1. The Bertz CT molecular complexity index is 1830. The third-order valence-corrected chi connectivity index (χ3v) is 11.1. The molecule has 1 amide bonds. The molecule has 0 radical (unpaired) electrons. The molecule has 10 N–H and O–H groups in total. The number of amides is 1. The highest BCUT2D eigenvalue weighted by Crippen LogP contribution is 2.44. The molecule has 1 aromatic rings. The van der Waals surface area contributed by atoms with Crippen molar-refractivity contribution in [2.24, 2.45) is 11.8 Å². The summed E-state index contributed by atoms with van der Waals surface area (Å²) in [7, 11) is -3.25. The van der Waals surface area contributed by atoms with Gasteiger partial charge in [-0.15, -0.1) is 0 Å². The number of carboxylic acid groups (broad SMARTS) is 8. The van der Waals surface area contributed by atoms with Gasteiger partial charge in [-0.25, -0.2) is 4.79 Å². The molecule has 0 saturated carbocycles. The summed E-state index contributed by atoms with van der Waals surface area (Å²) in [6.45, 7) is -3.34. The number of thiocarbonyl (C=S) groups is 1. The molecule has 1 rings (SSSR count). The summed E-state index contributed by atoms with van der Waals surface area (Å²) >= 11 is 5.45. The molecule has 352 valence electrons. The third-order valence-electron chi connectivity index (χ3n) is 9.31. The summed E-state index contributed by atoms with van der Waals surface area (Å²) in [6.07, 6.45) is -2.77. The lowest BCUT2D eigenvalue weighted by Gasteiger charge is -2.33. The lowest BCUT2D eigenvalue weighted by Crippen LogP contribution is -2.49. The number of carbonyl (C=O) groups excluding carboxylic acids is 1. The number of nitrogens with one attached hydrogen (secondary N) is 1. The lowest BCUT2D eigenvalue weighted by atomic mass is 9.94. The second-order valence-electron chi connectivity index (χ2n) is 14.6. The van der Waals surface area contributed by atoms with Crippen LogP contribution in [0.1, 0.15) is 43.2 Å². The van der Waals surface area contributed by atoms with E-state index in [1.54, 1.807) is 24.3 Å². The SMILES string of the molecule is CN(CC(=O)O)C(Cc1ccc(CC(=S)CC(CCC(=O)N[C@@H](COP(=O)(O)CC(CCC(=O)O)C(=O)O)C(=O)O)C(=O)O)cc1)CN(CCN(CC(=O)O)CC(=O)O)CC(=O)O. The molecule has 0 saturated heterocycles. The van der Waals surface area contributed by atoms with Crippen LogP contribution in [0.15, 0.2) is 24.3 Å². The molecule has 0 fully saturated rings. The minimum Gasteiger partial charge on any atom is -0.481 e. The summed E-state index contributed by atoms with van der Waals surface area (Å²) in [5.74, 6) is -14.6. The first-order valence-electron chi connectivity index (χ1n) is 19.0. The second kappa shape index (κ2) is 27.6. The fourth-order valence-corrected chi connectivity index (χ4v) is 7.87. The molecule has 0 aliphatic carbocycles. The third kappa shape index (κ3) is 24.7. The van der Waals surface area contributed by atoms with Crippen LogP contribution in [0.2, 0.25) is 0 Å². The Labute approximate surface area is 365 Å². The highest BCUT2D eigenvalue weighted by molar-refractivity contribution is 7.80. The lowest BCUT2D eigenvalue weighted by molar-refractivity contribution is -0.144. The molecule has 26 heteroatoms. The first-order valence-corrected chi connectivity index (χ1v) is 21.2. The van der Waals surface area contributed by atoms with Gasteiger partial charge in [0.25, 0.3) is 0 Å². The number of aliphatic carboxylic acids is 8. The van der Waals surface area contributed by atoms with Gasteiger partial charge in [-0.2, -0.15) is 0 Å². The van der Waals surface area contributed by atoms with Crippen LogP contribution in [0.5, 0.6) is 0 Å². The first-order chi connectivity index (χ1) is 29.3. The minimum absolute atomic E-state index is 0.00649. The van der Waals surface area contributed by atoms with Crippen molar-refractivity contribution in [3.8, 4) is 0 Å². The standard InChI is InChI=1S/C37H53N4O20PS/c1-39(16-31(45)46)26(15-40(17-32(47)48)10-11-41(18-33(49)50)19-34(51)52)12-22-2-4-23(5-3-22)13-27(63)14-24(35(53)54)6-8-29(42)38-28(37(57)58)20-61-62(59,60)21-25(36(55)56)7-9-30(43)44/h2-5,24-26,28H,6-21H2,1H3,(H,38,42)(H,43,44)(H,45,46)(H,47,48)(H,49,50)(H,51,52)(H,53,54)(H,55,56)(H,57,58)(H,59,60)/t24?,25?,26?,28-/m0/s1. The molecule has 0 spiro atoms. The van der Waals surface area contributed by atoms with Crippen LogP contribution >= 0.6 is 19.8 Å². The summed E-state index contributed by atoms with van der Waals surface area (Å²) in [5, 5.41) is 76.7. The molecule has 24 nitrogen and oxygen atoms in total. The number of nitrogens with zero attached hydrogens (tertiary/aromatic N) is 3. The monoisotopic (exact) mass is 936 g/mol. The number of hydrogen-bond donors (Lipinski definition) is 10. The van der Waals surface area contributed by atoms with Crippen molar-refractivity contribution in [3.63, 3.8) is 0 Å². The maximum atomic E-state index is 12.6. The van der Waals surface area contributed by atoms with Gasteiger partial charge in [-0.05, 0) is 48.7 Å². The molecule has 0 aliphatic rings. The van der Waals surface area contributed by atoms with E-state index in [-0.39, 0.29) is 50.2 Å². The van der Waals surface area contributed by atoms with Crippen molar-refractivity contribution in [2.75, 3.05) is 65.6 Å². The van der Waals surface area contributed by atoms with Crippen molar-refractivity contribution in [2.45, 2.75) is 57.0 Å². The van der Waals surface area contributed by atoms with Crippen molar-refractivity contribution < 1.29 is 98.0 Å². The van der Waals surface area contributed by atoms with Crippen molar-refractivity contribution >= 4 is 78.3 Å². The first kappa shape index (κ1) is 55.6. The highest BCUT2D eigenvalue weighted by Gasteiger charge is 2.33. The predicted octanol–water partition coefficient (Wildman–Crippen LogP) is -0.408. The van der Waals surface area contributed by atoms with E-state index in [9.17, 15) is 78.1 Å². The largest absolute Gasteiger partial charge is 0.481 e. The number of benzene rings is 1. The van der Waals surface area contributed by atoms with E-state index in [0.29, 0.717) is 11.1 Å². The molecular formula is C37H53N4O20PS. The Hall–Kier alpha value is -5.43. The Morgan fingerprint density at radius 1 is 0.683 bits per heavy atom. The summed E-state index contributed by atoms with van der Waals surface area (Å²) in [4.78, 5) is 119. The Morgan fingerprint density at radius 3 is 1.67 bits per heavy atom. The van der Waals surface area contributed by atoms with Crippen molar-refractivity contribution in [1.82, 2.24) is 20.0 Å². The number of hydrogen-bond acceptors (Lipinski definition) is 15. The van der Waals surface area contributed by atoms with E-state index < -0.39 is 143 Å². The highest BCUT2D eigenvalue weighted by atomic mass is 32.1. The van der Waals surface area contributed by atoms with Gasteiger partial charge in [0.15, 0.2) is 6.04 Å². The van der Waals surface area contributed by atoms with Gasteiger partial charge in [0.2, 0.25) is 5.91 Å². The Kier molecular flexibility index (Phi) is 24.3. The van der Waals surface area contributed by atoms with Crippen LogP contribution in [-0.2, 0) is 65.1 Å². The molecule has 0 aliphatic heterocycles. The quantitative estimate of drug-likeness (QED) is 0.0305. The second-order valence-corrected chi connectivity index (χ2v) is 17.1. The maximum absolute atomic E-state index is 12.6. The topological polar surface area (TPSA) is 384 Å². The van der Waals surface area contributed by atoms with Gasteiger partial charge >= 0.3 is 55.4 Å². The van der Waals surface area contributed by atoms with Crippen LogP contribution in [-0.4, -0.2) is 197 Å². The van der Waals surface area contributed by atoms with Gasteiger partial charge in [-0.3, -0.25) is 57.6 Å². The van der Waals surface area contributed by atoms with Crippen LogP contribution < -0.4 is 5.32 Å². The molecule has 0 heterocycles. The van der Waals surface area contributed by atoms with Gasteiger partial charge in [0.05, 0.1) is 50.8 Å². The molecular weight excluding hydrogens is 883 g/mol. The van der Waals surface area contributed by atoms with Crippen LogP contribution in [0, 0.1) is 11.8 Å². The van der Waals surface area contributed by atoms with E-state index in [1.807, 2.05) is 0 Å². The average molecular weight is 937 g/mol. The van der Waals surface area contributed by atoms with Crippen LogP contribution in [0.4, 0.5) is 0 Å². The fraction of sp³-hybridized carbons (Fsp3) is 0.568. The molecule has 5 atom stereocenters. The number of likely N-dealkylation sites (N-methyl/N-ethyl adjacent to an activating group) is 1. The van der Waals surface area contributed by atoms with Crippen LogP contribution in [0.3, 0.4) is 0 Å². The molecule has 0 bridgehead atoms. The molecule has 0 aromatic heterocycles. The fourth-order valence-electron chi connectivity index (χ4n) is 6.12. The van der Waals surface area contributed by atoms with E-state index in [4.69, 9.17) is 32.1 Å².